The standard InChI is InChI=1S/C30H37N5O2S/c1-7-22(23-17-32-21(4)33-18-23)12-13-31-29-16-25-24(14-19(2)15-26(25)30(36)35(29)5)20(3)34-27-10-8-9-11-28(27)38(6)37/h8-11,14-18,20,22,31,34H,7,12-13H2,1-6H3/t20-,22?,38?/m1/s1. The molecule has 2 aromatic heterocycles. The zero-order chi connectivity index (χ0) is 27.4. The molecule has 0 aliphatic carbocycles. The molecule has 0 aliphatic rings. The van der Waals surface area contributed by atoms with E-state index in [1.807, 2.05) is 63.6 Å². The molecular weight excluding hydrogens is 494 g/mol. The van der Waals surface area contributed by atoms with E-state index in [0.717, 1.165) is 63.7 Å². The molecule has 0 amide bonds. The largest absolute Gasteiger partial charge is 0.378 e. The summed E-state index contributed by atoms with van der Waals surface area (Å²) in [6.07, 6.45) is 7.40. The summed E-state index contributed by atoms with van der Waals surface area (Å²) in [5, 5.41) is 8.65. The lowest BCUT2D eigenvalue weighted by Gasteiger charge is -2.22. The molecule has 7 nitrogen and oxygen atoms in total. The zero-order valence-electron chi connectivity index (χ0n) is 23.0. The lowest BCUT2D eigenvalue weighted by Crippen LogP contribution is -2.22. The Morgan fingerprint density at radius 1 is 1.05 bits per heavy atom. The van der Waals surface area contributed by atoms with E-state index in [1.165, 1.54) is 0 Å². The normalized spacial score (nSPS) is 13.7. The average Bonchev–Trinajstić information content (AvgIpc) is 2.90. The van der Waals surface area contributed by atoms with Crippen LogP contribution in [0.5, 0.6) is 0 Å². The first-order chi connectivity index (χ1) is 18.2. The summed E-state index contributed by atoms with van der Waals surface area (Å²) in [7, 11) is 0.698. The molecule has 2 unspecified atom stereocenters. The Morgan fingerprint density at radius 2 is 1.76 bits per heavy atom. The fourth-order valence-corrected chi connectivity index (χ4v) is 5.66. The van der Waals surface area contributed by atoms with Crippen molar-refractivity contribution in [2.45, 2.75) is 57.4 Å². The maximum absolute atomic E-state index is 13.4. The zero-order valence-corrected chi connectivity index (χ0v) is 23.9. The second-order valence-electron chi connectivity index (χ2n) is 9.91. The van der Waals surface area contributed by atoms with Gasteiger partial charge in [0, 0.05) is 43.7 Å². The van der Waals surface area contributed by atoms with E-state index >= 15 is 0 Å². The molecule has 200 valence electrons. The van der Waals surface area contributed by atoms with Crippen LogP contribution in [0.25, 0.3) is 10.8 Å². The molecular formula is C30H37N5O2S. The molecule has 2 N–H and O–H groups in total. The van der Waals surface area contributed by atoms with E-state index in [2.05, 4.69) is 46.6 Å². The van der Waals surface area contributed by atoms with Crippen LogP contribution < -0.4 is 16.2 Å². The first-order valence-corrected chi connectivity index (χ1v) is 14.6. The van der Waals surface area contributed by atoms with Crippen molar-refractivity contribution in [3.8, 4) is 0 Å². The maximum Gasteiger partial charge on any atom is 0.259 e. The number of aromatic nitrogens is 3. The minimum Gasteiger partial charge on any atom is -0.378 e. The molecule has 0 saturated heterocycles. The fourth-order valence-electron chi connectivity index (χ4n) is 4.96. The Hall–Kier alpha value is -3.52. The number of rotatable bonds is 10. The third-order valence-corrected chi connectivity index (χ3v) is 8.11. The monoisotopic (exact) mass is 531 g/mol. The van der Waals surface area contributed by atoms with Crippen LogP contribution in [0.3, 0.4) is 0 Å². The number of para-hydroxylation sites is 1. The number of benzene rings is 2. The van der Waals surface area contributed by atoms with E-state index in [0.29, 0.717) is 11.3 Å². The van der Waals surface area contributed by atoms with Gasteiger partial charge < -0.3 is 10.6 Å². The second-order valence-corrected chi connectivity index (χ2v) is 11.3. The third kappa shape index (κ3) is 5.96. The topological polar surface area (TPSA) is 88.9 Å². The first-order valence-electron chi connectivity index (χ1n) is 13.0. The smallest absolute Gasteiger partial charge is 0.259 e. The van der Waals surface area contributed by atoms with Crippen LogP contribution >= 0.6 is 0 Å². The number of nitrogens with one attached hydrogen (secondary N) is 2. The average molecular weight is 532 g/mol. The van der Waals surface area contributed by atoms with Crippen LogP contribution in [0.4, 0.5) is 11.5 Å². The van der Waals surface area contributed by atoms with E-state index in [-0.39, 0.29) is 11.6 Å². The van der Waals surface area contributed by atoms with Crippen molar-refractivity contribution in [1.29, 1.82) is 0 Å². The van der Waals surface area contributed by atoms with Crippen LogP contribution in [0.1, 0.15) is 61.2 Å². The summed E-state index contributed by atoms with van der Waals surface area (Å²) in [5.41, 5.74) is 4.00. The Bertz CT molecular complexity index is 1510. The van der Waals surface area contributed by atoms with Crippen LogP contribution in [-0.4, -0.2) is 31.5 Å². The third-order valence-electron chi connectivity index (χ3n) is 7.13. The molecule has 0 spiro atoms. The van der Waals surface area contributed by atoms with Gasteiger partial charge in [-0.05, 0) is 85.9 Å². The van der Waals surface area contributed by atoms with Gasteiger partial charge in [0.2, 0.25) is 0 Å². The SMILES string of the molecule is CCC(CCNc1cc2c([C@@H](C)Nc3ccccc3S(C)=O)cc(C)cc2c(=O)n1C)c1cnc(C)nc1. The van der Waals surface area contributed by atoms with Crippen molar-refractivity contribution in [2.75, 3.05) is 23.4 Å². The number of anilines is 2. The molecule has 0 bridgehead atoms. The summed E-state index contributed by atoms with van der Waals surface area (Å²) >= 11 is 0. The number of hydrogen-bond acceptors (Lipinski definition) is 6. The predicted octanol–water partition coefficient (Wildman–Crippen LogP) is 5.85. The van der Waals surface area contributed by atoms with Crippen LogP contribution in [0.15, 0.2) is 64.5 Å². The predicted molar refractivity (Wildman–Crippen MR) is 158 cm³/mol. The highest BCUT2D eigenvalue weighted by Crippen LogP contribution is 2.31. The number of fused-ring (bicyclic) bond motifs is 1. The number of hydrogen-bond donors (Lipinski definition) is 2. The summed E-state index contributed by atoms with van der Waals surface area (Å²) in [6, 6.07) is 13.7. The number of nitrogens with zero attached hydrogens (tertiary/aromatic N) is 3. The van der Waals surface area contributed by atoms with Gasteiger partial charge in [-0.1, -0.05) is 25.1 Å². The highest BCUT2D eigenvalue weighted by atomic mass is 32.2. The minimum atomic E-state index is -1.11. The highest BCUT2D eigenvalue weighted by molar-refractivity contribution is 7.84. The van der Waals surface area contributed by atoms with Crippen LogP contribution in [-0.2, 0) is 17.8 Å². The van der Waals surface area contributed by atoms with Gasteiger partial charge in [-0.2, -0.15) is 0 Å². The van der Waals surface area contributed by atoms with Crippen molar-refractivity contribution < 1.29 is 4.21 Å². The number of pyridine rings is 1. The summed E-state index contributed by atoms with van der Waals surface area (Å²) in [5.74, 6) is 1.89. The molecule has 4 rings (SSSR count). The van der Waals surface area contributed by atoms with Crippen LogP contribution in [0.2, 0.25) is 0 Å². The van der Waals surface area contributed by atoms with Gasteiger partial charge in [-0.25, -0.2) is 9.97 Å². The van der Waals surface area contributed by atoms with Gasteiger partial charge in [0.1, 0.15) is 11.6 Å². The first kappa shape index (κ1) is 27.5. The molecule has 4 aromatic rings. The lowest BCUT2D eigenvalue weighted by atomic mass is 9.95. The van der Waals surface area contributed by atoms with Crippen molar-refractivity contribution in [2.24, 2.45) is 7.05 Å². The van der Waals surface area contributed by atoms with Gasteiger partial charge in [-0.15, -0.1) is 0 Å². The molecule has 3 atom stereocenters. The van der Waals surface area contributed by atoms with Crippen molar-refractivity contribution in [3.05, 3.63) is 87.7 Å². The second kappa shape index (κ2) is 11.9. The van der Waals surface area contributed by atoms with Crippen molar-refractivity contribution in [1.82, 2.24) is 14.5 Å². The Kier molecular flexibility index (Phi) is 8.62. The van der Waals surface area contributed by atoms with Crippen LogP contribution in [0, 0.1) is 13.8 Å². The molecule has 0 radical (unpaired) electrons. The Balaban J connectivity index is 1.63. The molecule has 2 aromatic carbocycles. The number of aryl methyl sites for hydroxylation is 2. The molecule has 8 heteroatoms. The molecule has 0 fully saturated rings. The van der Waals surface area contributed by atoms with Gasteiger partial charge in [0.15, 0.2) is 0 Å². The molecule has 38 heavy (non-hydrogen) atoms. The quantitative estimate of drug-likeness (QED) is 0.267. The van der Waals surface area contributed by atoms with E-state index < -0.39 is 10.8 Å². The Morgan fingerprint density at radius 3 is 2.45 bits per heavy atom. The van der Waals surface area contributed by atoms with E-state index in [9.17, 15) is 9.00 Å². The van der Waals surface area contributed by atoms with Crippen molar-refractivity contribution in [3.63, 3.8) is 0 Å². The Labute approximate surface area is 227 Å². The molecule has 0 saturated carbocycles. The summed E-state index contributed by atoms with van der Waals surface area (Å²) in [6.45, 7) is 8.86. The summed E-state index contributed by atoms with van der Waals surface area (Å²) in [4.78, 5) is 22.9. The highest BCUT2D eigenvalue weighted by Gasteiger charge is 2.17. The lowest BCUT2D eigenvalue weighted by molar-refractivity contribution is 0.616. The van der Waals surface area contributed by atoms with E-state index in [1.54, 1.807) is 10.8 Å². The summed E-state index contributed by atoms with van der Waals surface area (Å²) < 4.78 is 14.0. The van der Waals surface area contributed by atoms with Gasteiger partial charge in [0.25, 0.3) is 5.56 Å². The van der Waals surface area contributed by atoms with Gasteiger partial charge in [-0.3, -0.25) is 13.6 Å². The van der Waals surface area contributed by atoms with Crippen molar-refractivity contribution >= 4 is 33.1 Å². The maximum atomic E-state index is 13.4. The molecule has 2 heterocycles. The fraction of sp³-hybridized carbons (Fsp3) is 0.367. The minimum absolute atomic E-state index is 0.0313. The van der Waals surface area contributed by atoms with Gasteiger partial charge >= 0.3 is 0 Å². The molecule has 0 aliphatic heterocycles. The van der Waals surface area contributed by atoms with Gasteiger partial charge in [0.05, 0.1) is 21.4 Å². The van der Waals surface area contributed by atoms with E-state index in [4.69, 9.17) is 0 Å².